The van der Waals surface area contributed by atoms with Crippen molar-refractivity contribution in [3.63, 3.8) is 0 Å². The quantitative estimate of drug-likeness (QED) is 0.680. The lowest BCUT2D eigenvalue weighted by atomic mass is 9.96. The number of benzene rings is 1. The average Bonchev–Trinajstić information content (AvgIpc) is 3.16. The first kappa shape index (κ1) is 15.5. The molecule has 0 bridgehead atoms. The van der Waals surface area contributed by atoms with Crippen molar-refractivity contribution < 1.29 is 8.91 Å². The molecule has 0 saturated heterocycles. The van der Waals surface area contributed by atoms with Gasteiger partial charge in [0.05, 0.1) is 6.54 Å². The number of aliphatic imine (C=N–C) groups is 1. The molecule has 1 heterocycles. The van der Waals surface area contributed by atoms with Gasteiger partial charge < -0.3 is 14.7 Å². The Kier molecular flexibility index (Phi) is 4.32. The molecule has 3 rings (SSSR count). The van der Waals surface area contributed by atoms with E-state index < -0.39 is 0 Å². The van der Waals surface area contributed by atoms with Crippen LogP contribution in [0.3, 0.4) is 0 Å². The van der Waals surface area contributed by atoms with Crippen molar-refractivity contribution in [2.24, 2.45) is 4.99 Å². The van der Waals surface area contributed by atoms with Gasteiger partial charge in [0.15, 0.2) is 5.96 Å². The maximum absolute atomic E-state index is 13.1. The summed E-state index contributed by atoms with van der Waals surface area (Å²) in [6.45, 7) is 1.41. The maximum atomic E-state index is 13.1. The van der Waals surface area contributed by atoms with Crippen molar-refractivity contribution in [1.82, 2.24) is 15.4 Å². The number of rotatable bonds is 5. The van der Waals surface area contributed by atoms with E-state index >= 15 is 0 Å². The zero-order valence-electron chi connectivity index (χ0n) is 13.4. The van der Waals surface area contributed by atoms with Crippen molar-refractivity contribution >= 4 is 5.96 Å². The van der Waals surface area contributed by atoms with Gasteiger partial charge in [0.25, 0.3) is 0 Å². The van der Waals surface area contributed by atoms with Crippen LogP contribution in [0.25, 0.3) is 0 Å². The van der Waals surface area contributed by atoms with Crippen molar-refractivity contribution in [2.75, 3.05) is 20.6 Å². The summed E-state index contributed by atoms with van der Waals surface area (Å²) >= 11 is 0. The fraction of sp³-hybridized carbons (Fsp3) is 0.412. The molecule has 1 aromatic heterocycles. The number of hydrogen-bond donors (Lipinski definition) is 1. The topological polar surface area (TPSA) is 53.7 Å². The van der Waals surface area contributed by atoms with Gasteiger partial charge in [-0.15, -0.1) is 0 Å². The van der Waals surface area contributed by atoms with Gasteiger partial charge in [-0.3, -0.25) is 4.99 Å². The molecule has 1 aliphatic carbocycles. The number of halogens is 1. The van der Waals surface area contributed by atoms with Crippen LogP contribution in [0, 0.1) is 5.82 Å². The molecule has 5 nitrogen and oxygen atoms in total. The van der Waals surface area contributed by atoms with E-state index in [2.05, 4.69) is 15.5 Å². The molecule has 2 aromatic rings. The predicted molar refractivity (Wildman–Crippen MR) is 86.6 cm³/mol. The Morgan fingerprint density at radius 3 is 2.65 bits per heavy atom. The monoisotopic (exact) mass is 316 g/mol. The van der Waals surface area contributed by atoms with Crippen LogP contribution >= 0.6 is 0 Å². The normalized spacial score (nSPS) is 16.2. The van der Waals surface area contributed by atoms with Crippen LogP contribution in [-0.4, -0.2) is 36.7 Å². The second-order valence-corrected chi connectivity index (χ2v) is 6.03. The number of nitrogens with one attached hydrogen (secondary N) is 1. The molecule has 0 amide bonds. The van der Waals surface area contributed by atoms with Gasteiger partial charge >= 0.3 is 0 Å². The van der Waals surface area contributed by atoms with Gasteiger partial charge in [0.2, 0.25) is 0 Å². The molecule has 0 spiro atoms. The molecular weight excluding hydrogens is 295 g/mol. The third-order valence-corrected chi connectivity index (χ3v) is 4.36. The second kappa shape index (κ2) is 6.40. The van der Waals surface area contributed by atoms with Crippen molar-refractivity contribution in [3.8, 4) is 0 Å². The van der Waals surface area contributed by atoms with Gasteiger partial charge in [-0.1, -0.05) is 17.3 Å². The average molecular weight is 316 g/mol. The Bertz CT molecular complexity index is 662. The lowest BCUT2D eigenvalue weighted by Gasteiger charge is -2.24. The second-order valence-electron chi connectivity index (χ2n) is 6.03. The number of hydrogen-bond acceptors (Lipinski definition) is 3. The van der Waals surface area contributed by atoms with Crippen molar-refractivity contribution in [2.45, 2.75) is 24.8 Å². The van der Waals surface area contributed by atoms with Crippen molar-refractivity contribution in [3.05, 3.63) is 53.7 Å². The van der Waals surface area contributed by atoms with E-state index in [1.807, 2.05) is 30.1 Å². The summed E-state index contributed by atoms with van der Waals surface area (Å²) in [5.74, 6) is 0.613. The van der Waals surface area contributed by atoms with Crippen LogP contribution in [-0.2, 0) is 12.0 Å². The summed E-state index contributed by atoms with van der Waals surface area (Å²) in [4.78, 5) is 6.32. The molecule has 1 aromatic carbocycles. The smallest absolute Gasteiger partial charge is 0.193 e. The molecule has 1 N–H and O–H groups in total. The minimum atomic E-state index is -0.194. The highest BCUT2D eigenvalue weighted by Crippen LogP contribution is 2.47. The van der Waals surface area contributed by atoms with Crippen LogP contribution in [0.1, 0.15) is 24.1 Å². The van der Waals surface area contributed by atoms with E-state index in [-0.39, 0.29) is 11.2 Å². The molecule has 0 radical (unpaired) electrons. The molecule has 0 unspecified atom stereocenters. The first-order valence-electron chi connectivity index (χ1n) is 7.70. The molecule has 1 fully saturated rings. The first-order valence-corrected chi connectivity index (χ1v) is 7.70. The van der Waals surface area contributed by atoms with E-state index in [4.69, 9.17) is 4.52 Å². The number of nitrogens with zero attached hydrogens (tertiary/aromatic N) is 3. The molecule has 1 saturated carbocycles. The highest BCUT2D eigenvalue weighted by atomic mass is 19.1. The molecule has 6 heteroatoms. The van der Waals surface area contributed by atoms with E-state index in [1.165, 1.54) is 17.7 Å². The fourth-order valence-electron chi connectivity index (χ4n) is 2.79. The largest absolute Gasteiger partial charge is 0.364 e. The van der Waals surface area contributed by atoms with Crippen LogP contribution in [0.15, 0.2) is 46.1 Å². The number of aromatic nitrogens is 1. The molecule has 122 valence electrons. The molecule has 0 atom stereocenters. The van der Waals surface area contributed by atoms with Gasteiger partial charge in [-0.25, -0.2) is 4.39 Å². The van der Waals surface area contributed by atoms with Gasteiger partial charge in [0, 0.05) is 32.1 Å². The van der Waals surface area contributed by atoms with Crippen LogP contribution in [0.5, 0.6) is 0 Å². The zero-order chi connectivity index (χ0) is 16.3. The van der Waals surface area contributed by atoms with Gasteiger partial charge in [-0.2, -0.15) is 0 Å². The summed E-state index contributed by atoms with van der Waals surface area (Å²) < 4.78 is 17.9. The highest BCUT2D eigenvalue weighted by Gasteiger charge is 2.44. The van der Waals surface area contributed by atoms with E-state index in [9.17, 15) is 4.39 Å². The summed E-state index contributed by atoms with van der Waals surface area (Å²) in [5, 5.41) is 7.34. The first-order chi connectivity index (χ1) is 11.1. The Hall–Kier alpha value is -2.37. The van der Waals surface area contributed by atoms with Gasteiger partial charge in [-0.05, 0) is 30.5 Å². The van der Waals surface area contributed by atoms with E-state index in [1.54, 1.807) is 13.3 Å². The fourth-order valence-corrected chi connectivity index (χ4v) is 2.79. The van der Waals surface area contributed by atoms with Crippen LogP contribution in [0.4, 0.5) is 4.39 Å². The summed E-state index contributed by atoms with van der Waals surface area (Å²) in [5.41, 5.74) is 2.13. The molecule has 1 aliphatic rings. The third-order valence-electron chi connectivity index (χ3n) is 4.36. The molecular formula is C17H21FN4O. The van der Waals surface area contributed by atoms with Gasteiger partial charge in [0.1, 0.15) is 17.8 Å². The summed E-state index contributed by atoms with van der Waals surface area (Å²) in [6.07, 6.45) is 3.78. The Balaban J connectivity index is 1.60. The van der Waals surface area contributed by atoms with E-state index in [0.29, 0.717) is 6.54 Å². The zero-order valence-corrected chi connectivity index (χ0v) is 13.4. The predicted octanol–water partition coefficient (Wildman–Crippen LogP) is 2.55. The SMILES string of the molecule is CN=C(NCC1(c2ccc(F)cc2)CC1)N(C)Cc1ccon1. The minimum Gasteiger partial charge on any atom is -0.364 e. The lowest BCUT2D eigenvalue weighted by Crippen LogP contribution is -2.42. The Morgan fingerprint density at radius 2 is 2.09 bits per heavy atom. The van der Waals surface area contributed by atoms with Crippen LogP contribution in [0.2, 0.25) is 0 Å². The van der Waals surface area contributed by atoms with E-state index in [0.717, 1.165) is 31.0 Å². The number of guanidine groups is 1. The Morgan fingerprint density at radius 1 is 1.35 bits per heavy atom. The molecule has 23 heavy (non-hydrogen) atoms. The standard InChI is InChI=1S/C17H21FN4O/c1-19-16(22(2)11-15-7-10-23-21-15)20-12-17(8-9-17)13-3-5-14(18)6-4-13/h3-7,10H,8-9,11-12H2,1-2H3,(H,19,20). The summed E-state index contributed by atoms with van der Waals surface area (Å²) in [7, 11) is 3.72. The Labute approximate surface area is 135 Å². The lowest BCUT2D eigenvalue weighted by molar-refractivity contribution is 0.390. The third kappa shape index (κ3) is 3.52. The summed E-state index contributed by atoms with van der Waals surface area (Å²) in [6, 6.07) is 8.66. The minimum absolute atomic E-state index is 0.0956. The van der Waals surface area contributed by atoms with Crippen molar-refractivity contribution in [1.29, 1.82) is 0 Å². The molecule has 0 aliphatic heterocycles. The van der Waals surface area contributed by atoms with Crippen LogP contribution < -0.4 is 5.32 Å². The highest BCUT2D eigenvalue weighted by molar-refractivity contribution is 5.79. The maximum Gasteiger partial charge on any atom is 0.193 e.